The van der Waals surface area contributed by atoms with Crippen LogP contribution in [-0.4, -0.2) is 64.8 Å². The van der Waals surface area contributed by atoms with Crippen LogP contribution in [0.4, 0.5) is 15.3 Å². The quantitative estimate of drug-likeness (QED) is 0.816. The summed E-state index contributed by atoms with van der Waals surface area (Å²) in [6.07, 6.45) is -0.433. The molecular weight excluding hydrogens is 350 g/mol. The molecule has 146 valence electrons. The Bertz CT molecular complexity index is 758. The van der Waals surface area contributed by atoms with E-state index in [2.05, 4.69) is 0 Å². The van der Waals surface area contributed by atoms with E-state index in [0.29, 0.717) is 19.6 Å². The lowest BCUT2D eigenvalue weighted by molar-refractivity contribution is -0.118. The van der Waals surface area contributed by atoms with Crippen molar-refractivity contribution in [3.63, 3.8) is 0 Å². The van der Waals surface area contributed by atoms with Gasteiger partial charge < -0.3 is 14.7 Å². The van der Waals surface area contributed by atoms with Crippen LogP contribution in [0.2, 0.25) is 0 Å². The number of anilines is 1. The molecule has 0 unspecified atom stereocenters. The summed E-state index contributed by atoms with van der Waals surface area (Å²) in [5, 5.41) is 9.44. The summed E-state index contributed by atoms with van der Waals surface area (Å²) in [6, 6.07) is 5.73. The van der Waals surface area contributed by atoms with Gasteiger partial charge in [-0.1, -0.05) is 6.07 Å². The van der Waals surface area contributed by atoms with E-state index in [0.717, 1.165) is 29.6 Å². The fourth-order valence-corrected chi connectivity index (χ4v) is 3.49. The lowest BCUT2D eigenvalue weighted by atomic mass is 9.99. The first-order chi connectivity index (χ1) is 12.7. The summed E-state index contributed by atoms with van der Waals surface area (Å²) in [4.78, 5) is 39.3. The van der Waals surface area contributed by atoms with Crippen LogP contribution in [0.25, 0.3) is 0 Å². The maximum absolute atomic E-state index is 12.3. The van der Waals surface area contributed by atoms with Crippen LogP contribution in [-0.2, 0) is 22.5 Å². The number of carbonyl (C=O) groups excluding carboxylic acids is 2. The van der Waals surface area contributed by atoms with Gasteiger partial charge in [0.15, 0.2) is 0 Å². The summed E-state index contributed by atoms with van der Waals surface area (Å²) >= 11 is 0. The smallest absolute Gasteiger partial charge is 0.414 e. The fourth-order valence-electron chi connectivity index (χ4n) is 3.49. The molecule has 0 radical (unpaired) electrons. The molecule has 1 aromatic rings. The lowest BCUT2D eigenvalue weighted by Gasteiger charge is -2.34. The molecule has 0 bridgehead atoms. The van der Waals surface area contributed by atoms with Crippen molar-refractivity contribution in [2.45, 2.75) is 45.4 Å². The van der Waals surface area contributed by atoms with Crippen LogP contribution in [0.5, 0.6) is 0 Å². The molecule has 0 saturated carbocycles. The maximum atomic E-state index is 12.3. The summed E-state index contributed by atoms with van der Waals surface area (Å²) in [6.45, 7) is 7.08. The highest BCUT2D eigenvalue weighted by Gasteiger charge is 2.37. The molecule has 0 aliphatic carbocycles. The molecule has 3 amide bonds. The molecule has 0 aromatic heterocycles. The minimum Gasteiger partial charge on any atom is -0.465 e. The van der Waals surface area contributed by atoms with Gasteiger partial charge in [-0.3, -0.25) is 14.6 Å². The zero-order chi connectivity index (χ0) is 19.8. The average molecular weight is 375 g/mol. The molecule has 0 spiro atoms. The zero-order valence-electron chi connectivity index (χ0n) is 15.8. The third kappa shape index (κ3) is 3.99. The maximum Gasteiger partial charge on any atom is 0.414 e. The standard InChI is InChI=1S/C19H25N3O5/c1-19(2,3)22(17(24)25)11-16-10-21(18(26)27-16)15-5-4-14-9-20(12-23)7-6-13(14)8-15/h4-5,8,12,16H,6-7,9-11H2,1-3H3,(H,24,25)/t16-/m1/s1. The molecule has 1 atom stereocenters. The first-order valence-electron chi connectivity index (χ1n) is 8.99. The highest BCUT2D eigenvalue weighted by molar-refractivity contribution is 5.90. The van der Waals surface area contributed by atoms with Crippen molar-refractivity contribution >= 4 is 24.3 Å². The van der Waals surface area contributed by atoms with Gasteiger partial charge in [-0.25, -0.2) is 9.59 Å². The Balaban J connectivity index is 1.73. The van der Waals surface area contributed by atoms with Gasteiger partial charge in [0.05, 0.1) is 13.1 Å². The number of hydrogen-bond donors (Lipinski definition) is 1. The van der Waals surface area contributed by atoms with Crippen LogP contribution in [0, 0.1) is 0 Å². The Morgan fingerprint density at radius 1 is 1.37 bits per heavy atom. The van der Waals surface area contributed by atoms with Crippen LogP contribution < -0.4 is 4.90 Å². The van der Waals surface area contributed by atoms with Crippen molar-refractivity contribution in [1.29, 1.82) is 0 Å². The number of ether oxygens (including phenoxy) is 1. The van der Waals surface area contributed by atoms with Gasteiger partial charge in [0, 0.05) is 24.3 Å². The van der Waals surface area contributed by atoms with E-state index in [1.807, 2.05) is 39.0 Å². The molecular formula is C19H25N3O5. The topological polar surface area (TPSA) is 90.4 Å². The zero-order valence-corrected chi connectivity index (χ0v) is 15.8. The van der Waals surface area contributed by atoms with Gasteiger partial charge in [0.1, 0.15) is 6.10 Å². The first kappa shape index (κ1) is 19.0. The number of rotatable bonds is 4. The van der Waals surface area contributed by atoms with Gasteiger partial charge in [-0.2, -0.15) is 0 Å². The van der Waals surface area contributed by atoms with Gasteiger partial charge in [-0.05, 0) is 50.5 Å². The van der Waals surface area contributed by atoms with Crippen LogP contribution in [0.3, 0.4) is 0 Å². The molecule has 8 nitrogen and oxygen atoms in total. The van der Waals surface area contributed by atoms with Crippen molar-refractivity contribution in [3.8, 4) is 0 Å². The minimum absolute atomic E-state index is 0.125. The summed E-state index contributed by atoms with van der Waals surface area (Å²) in [5.74, 6) is 0. The molecule has 1 aromatic carbocycles. The highest BCUT2D eigenvalue weighted by atomic mass is 16.6. The number of carboxylic acid groups (broad SMARTS) is 1. The average Bonchev–Trinajstić information content (AvgIpc) is 2.98. The van der Waals surface area contributed by atoms with Crippen molar-refractivity contribution < 1.29 is 24.2 Å². The van der Waals surface area contributed by atoms with Gasteiger partial charge >= 0.3 is 12.2 Å². The lowest BCUT2D eigenvalue weighted by Crippen LogP contribution is -2.49. The van der Waals surface area contributed by atoms with Crippen molar-refractivity contribution in [2.24, 2.45) is 0 Å². The number of hydrogen-bond acceptors (Lipinski definition) is 4. The number of fused-ring (bicyclic) bond motifs is 1. The largest absolute Gasteiger partial charge is 0.465 e. The molecule has 1 saturated heterocycles. The van der Waals surface area contributed by atoms with E-state index in [1.165, 1.54) is 4.90 Å². The van der Waals surface area contributed by atoms with Crippen LogP contribution in [0.15, 0.2) is 18.2 Å². The third-order valence-electron chi connectivity index (χ3n) is 4.99. The summed E-state index contributed by atoms with van der Waals surface area (Å²) in [5.41, 5.74) is 2.34. The Morgan fingerprint density at radius 2 is 2.11 bits per heavy atom. The number of cyclic esters (lactones) is 1. The Kier molecular flexibility index (Phi) is 4.99. The fraction of sp³-hybridized carbons (Fsp3) is 0.526. The van der Waals surface area contributed by atoms with E-state index in [-0.39, 0.29) is 6.54 Å². The van der Waals surface area contributed by atoms with E-state index < -0.39 is 23.8 Å². The number of carbonyl (C=O) groups is 3. The highest BCUT2D eigenvalue weighted by Crippen LogP contribution is 2.28. The SMILES string of the molecule is CC(C)(C)N(C[C@H]1CN(c2ccc3c(c2)CCN(C=O)C3)C(=O)O1)C(=O)O. The van der Waals surface area contributed by atoms with E-state index in [4.69, 9.17) is 4.74 Å². The van der Waals surface area contributed by atoms with Gasteiger partial charge in [0.25, 0.3) is 0 Å². The van der Waals surface area contributed by atoms with Crippen LogP contribution >= 0.6 is 0 Å². The second-order valence-electron chi connectivity index (χ2n) is 7.96. The van der Waals surface area contributed by atoms with E-state index in [9.17, 15) is 19.5 Å². The van der Waals surface area contributed by atoms with Crippen LogP contribution in [0.1, 0.15) is 31.9 Å². The Labute approximate surface area is 158 Å². The second kappa shape index (κ2) is 7.09. The van der Waals surface area contributed by atoms with Crippen molar-refractivity contribution in [3.05, 3.63) is 29.3 Å². The molecule has 8 heteroatoms. The molecule has 1 fully saturated rings. The second-order valence-corrected chi connectivity index (χ2v) is 7.96. The monoisotopic (exact) mass is 375 g/mol. The van der Waals surface area contributed by atoms with Crippen molar-refractivity contribution in [2.75, 3.05) is 24.5 Å². The van der Waals surface area contributed by atoms with Crippen molar-refractivity contribution in [1.82, 2.24) is 9.80 Å². The molecule has 2 aliphatic heterocycles. The van der Waals surface area contributed by atoms with Gasteiger partial charge in [0.2, 0.25) is 6.41 Å². The normalized spacial score (nSPS) is 19.5. The predicted molar refractivity (Wildman–Crippen MR) is 98.7 cm³/mol. The molecule has 2 aliphatic rings. The number of benzene rings is 1. The Hall–Kier alpha value is -2.77. The number of nitrogens with zero attached hydrogens (tertiary/aromatic N) is 3. The van der Waals surface area contributed by atoms with Gasteiger partial charge in [-0.15, -0.1) is 0 Å². The minimum atomic E-state index is -1.04. The Morgan fingerprint density at radius 3 is 2.74 bits per heavy atom. The molecule has 1 N–H and O–H groups in total. The van der Waals surface area contributed by atoms with E-state index >= 15 is 0 Å². The summed E-state index contributed by atoms with van der Waals surface area (Å²) in [7, 11) is 0. The molecule has 3 rings (SSSR count). The third-order valence-corrected chi connectivity index (χ3v) is 4.99. The summed E-state index contributed by atoms with van der Waals surface area (Å²) < 4.78 is 5.41. The molecule has 2 heterocycles. The predicted octanol–water partition coefficient (Wildman–Crippen LogP) is 2.30. The van der Waals surface area contributed by atoms with E-state index in [1.54, 1.807) is 9.80 Å². The first-order valence-corrected chi connectivity index (χ1v) is 8.99. The number of amides is 3. The molecule has 27 heavy (non-hydrogen) atoms.